The number of pyridine rings is 1. The van der Waals surface area contributed by atoms with E-state index in [0.29, 0.717) is 5.69 Å². The second-order valence-electron chi connectivity index (χ2n) is 5.08. The van der Waals surface area contributed by atoms with Gasteiger partial charge in [0.2, 0.25) is 0 Å². The lowest BCUT2D eigenvalue weighted by Gasteiger charge is -2.17. The van der Waals surface area contributed by atoms with Crippen LogP contribution >= 0.6 is 0 Å². The normalized spacial score (nSPS) is 11.2. The van der Waals surface area contributed by atoms with Crippen LogP contribution in [0.4, 0.5) is 23.8 Å². The highest BCUT2D eigenvalue weighted by atomic mass is 19.4. The molecule has 2 heterocycles. The molecule has 0 radical (unpaired) electrons. The van der Waals surface area contributed by atoms with Gasteiger partial charge in [0.25, 0.3) is 0 Å². The molecule has 0 bridgehead atoms. The molecule has 0 aliphatic carbocycles. The van der Waals surface area contributed by atoms with E-state index in [1.54, 1.807) is 12.1 Å². The standard InChI is InChI=1S/C15H11F3N6O2/c1-23(13-7-10(5-6-19-13)15(16,17)18)14(25)26-12-4-2-3-11(8-12)24-9-20-21-22-24/h2-9H,1H3. The van der Waals surface area contributed by atoms with Crippen LogP contribution in [0.15, 0.2) is 48.9 Å². The molecule has 0 atom stereocenters. The van der Waals surface area contributed by atoms with Crippen LogP contribution in [0.1, 0.15) is 5.56 Å². The molecule has 0 saturated carbocycles. The van der Waals surface area contributed by atoms with E-state index >= 15 is 0 Å². The number of ether oxygens (including phenoxy) is 1. The lowest BCUT2D eigenvalue weighted by molar-refractivity contribution is -0.137. The predicted molar refractivity (Wildman–Crippen MR) is 82.8 cm³/mol. The van der Waals surface area contributed by atoms with E-state index in [2.05, 4.69) is 20.5 Å². The van der Waals surface area contributed by atoms with Crippen LogP contribution in [0.25, 0.3) is 5.69 Å². The number of benzene rings is 1. The van der Waals surface area contributed by atoms with Crippen molar-refractivity contribution in [3.05, 3.63) is 54.5 Å². The summed E-state index contributed by atoms with van der Waals surface area (Å²) in [7, 11) is 1.26. The number of tetrazole rings is 1. The number of alkyl halides is 3. The molecule has 26 heavy (non-hydrogen) atoms. The van der Waals surface area contributed by atoms with E-state index in [4.69, 9.17) is 4.74 Å². The molecule has 0 saturated heterocycles. The third-order valence-electron chi connectivity index (χ3n) is 3.33. The second kappa shape index (κ2) is 6.78. The molecule has 1 amide bonds. The van der Waals surface area contributed by atoms with Gasteiger partial charge in [0, 0.05) is 19.3 Å². The van der Waals surface area contributed by atoms with Gasteiger partial charge in [0.05, 0.1) is 11.3 Å². The van der Waals surface area contributed by atoms with Gasteiger partial charge < -0.3 is 4.74 Å². The molecule has 3 aromatic rings. The summed E-state index contributed by atoms with van der Waals surface area (Å²) in [6.45, 7) is 0. The van der Waals surface area contributed by atoms with Crippen molar-refractivity contribution in [2.24, 2.45) is 0 Å². The van der Waals surface area contributed by atoms with Crippen molar-refractivity contribution in [2.75, 3.05) is 11.9 Å². The summed E-state index contributed by atoms with van der Waals surface area (Å²) in [6.07, 6.45) is -3.10. The van der Waals surface area contributed by atoms with Crippen LogP contribution in [-0.2, 0) is 6.18 Å². The zero-order valence-electron chi connectivity index (χ0n) is 13.3. The van der Waals surface area contributed by atoms with Crippen LogP contribution in [0.5, 0.6) is 5.75 Å². The number of carbonyl (C=O) groups excluding carboxylic acids is 1. The van der Waals surface area contributed by atoms with E-state index < -0.39 is 17.8 Å². The maximum Gasteiger partial charge on any atom is 0.420 e. The first kappa shape index (κ1) is 17.3. The highest BCUT2D eigenvalue weighted by Gasteiger charge is 2.31. The van der Waals surface area contributed by atoms with Crippen LogP contribution in [0.3, 0.4) is 0 Å². The molecule has 0 spiro atoms. The Labute approximate surface area is 144 Å². The fourth-order valence-corrected chi connectivity index (χ4v) is 2.01. The topological polar surface area (TPSA) is 86.0 Å². The van der Waals surface area contributed by atoms with E-state index in [0.717, 1.165) is 23.2 Å². The molecular weight excluding hydrogens is 353 g/mol. The number of hydrogen-bond acceptors (Lipinski definition) is 6. The summed E-state index contributed by atoms with van der Waals surface area (Å²) >= 11 is 0. The van der Waals surface area contributed by atoms with E-state index in [9.17, 15) is 18.0 Å². The fourth-order valence-electron chi connectivity index (χ4n) is 2.01. The fraction of sp³-hybridized carbons (Fsp3) is 0.133. The number of halogens is 3. The Hall–Kier alpha value is -3.50. The highest BCUT2D eigenvalue weighted by Crippen LogP contribution is 2.30. The zero-order chi connectivity index (χ0) is 18.7. The number of carbonyl (C=O) groups is 1. The lowest BCUT2D eigenvalue weighted by Crippen LogP contribution is -2.30. The average molecular weight is 364 g/mol. The number of amides is 1. The van der Waals surface area contributed by atoms with Crippen molar-refractivity contribution in [1.82, 2.24) is 25.2 Å². The molecule has 0 aliphatic rings. The third-order valence-corrected chi connectivity index (χ3v) is 3.33. The van der Waals surface area contributed by atoms with Gasteiger partial charge in [-0.1, -0.05) is 6.07 Å². The summed E-state index contributed by atoms with van der Waals surface area (Å²) in [5.74, 6) is -0.0247. The van der Waals surface area contributed by atoms with Crippen molar-refractivity contribution in [3.8, 4) is 11.4 Å². The van der Waals surface area contributed by atoms with Crippen LogP contribution in [0, 0.1) is 0 Å². The summed E-state index contributed by atoms with van der Waals surface area (Å²) in [5, 5.41) is 10.7. The van der Waals surface area contributed by atoms with Gasteiger partial charge in [-0.2, -0.15) is 13.2 Å². The minimum atomic E-state index is -4.54. The Morgan fingerprint density at radius 2 is 2.04 bits per heavy atom. The molecule has 0 aliphatic heterocycles. The first-order valence-electron chi connectivity index (χ1n) is 7.17. The van der Waals surface area contributed by atoms with Gasteiger partial charge in [0.15, 0.2) is 0 Å². The molecule has 0 N–H and O–H groups in total. The Balaban J connectivity index is 1.77. The maximum atomic E-state index is 12.8. The second-order valence-corrected chi connectivity index (χ2v) is 5.08. The van der Waals surface area contributed by atoms with Crippen molar-refractivity contribution in [3.63, 3.8) is 0 Å². The van der Waals surface area contributed by atoms with Gasteiger partial charge in [-0.15, -0.1) is 5.10 Å². The Bertz CT molecular complexity index is 914. The Morgan fingerprint density at radius 3 is 2.73 bits per heavy atom. The first-order chi connectivity index (χ1) is 12.3. The Morgan fingerprint density at radius 1 is 1.23 bits per heavy atom. The smallest absolute Gasteiger partial charge is 0.410 e. The number of hydrogen-bond donors (Lipinski definition) is 0. The van der Waals surface area contributed by atoms with E-state index in [1.165, 1.54) is 30.2 Å². The van der Waals surface area contributed by atoms with E-state index in [1.807, 2.05) is 0 Å². The van der Waals surface area contributed by atoms with Crippen LogP contribution < -0.4 is 9.64 Å². The van der Waals surface area contributed by atoms with Gasteiger partial charge >= 0.3 is 12.3 Å². The Kier molecular flexibility index (Phi) is 4.52. The van der Waals surface area contributed by atoms with Crippen molar-refractivity contribution in [1.29, 1.82) is 0 Å². The van der Waals surface area contributed by atoms with Crippen molar-refractivity contribution in [2.45, 2.75) is 6.18 Å². The maximum absolute atomic E-state index is 12.8. The monoisotopic (exact) mass is 364 g/mol. The molecule has 1 aromatic carbocycles. The molecule has 0 unspecified atom stereocenters. The lowest BCUT2D eigenvalue weighted by atomic mass is 10.2. The van der Waals surface area contributed by atoms with Gasteiger partial charge in [-0.05, 0) is 34.7 Å². The zero-order valence-corrected chi connectivity index (χ0v) is 13.3. The highest BCUT2D eigenvalue weighted by molar-refractivity contribution is 5.87. The van der Waals surface area contributed by atoms with Crippen molar-refractivity contribution >= 4 is 11.9 Å². The molecule has 11 heteroatoms. The van der Waals surface area contributed by atoms with Gasteiger partial charge in [-0.25, -0.2) is 14.5 Å². The van der Waals surface area contributed by atoms with Crippen LogP contribution in [-0.4, -0.2) is 38.3 Å². The number of anilines is 1. The van der Waals surface area contributed by atoms with E-state index in [-0.39, 0.29) is 11.6 Å². The van der Waals surface area contributed by atoms with Gasteiger partial charge in [0.1, 0.15) is 17.9 Å². The minimum absolute atomic E-state index is 0.168. The largest absolute Gasteiger partial charge is 0.420 e. The third kappa shape index (κ3) is 3.77. The summed E-state index contributed by atoms with van der Waals surface area (Å²) < 4.78 is 44.9. The summed E-state index contributed by atoms with van der Waals surface area (Å²) in [6, 6.07) is 7.89. The molecule has 3 rings (SSSR count). The predicted octanol–water partition coefficient (Wildman–Crippen LogP) is 2.71. The molecular formula is C15H11F3N6O2. The first-order valence-corrected chi connectivity index (χ1v) is 7.17. The summed E-state index contributed by atoms with van der Waals surface area (Å²) in [5.41, 5.74) is -0.372. The quantitative estimate of drug-likeness (QED) is 0.710. The number of rotatable bonds is 3. The number of aromatic nitrogens is 5. The molecule has 8 nitrogen and oxygen atoms in total. The minimum Gasteiger partial charge on any atom is -0.410 e. The molecule has 134 valence electrons. The summed E-state index contributed by atoms with van der Waals surface area (Å²) in [4.78, 5) is 16.8. The molecule has 2 aromatic heterocycles. The molecule has 0 fully saturated rings. The van der Waals surface area contributed by atoms with Crippen molar-refractivity contribution < 1.29 is 22.7 Å². The average Bonchev–Trinajstić information content (AvgIpc) is 3.15. The SMILES string of the molecule is CN(C(=O)Oc1cccc(-n2cnnn2)c1)c1cc(C(F)(F)F)ccn1. The number of nitrogens with zero attached hydrogens (tertiary/aromatic N) is 6. The van der Waals surface area contributed by atoms with Crippen LogP contribution in [0.2, 0.25) is 0 Å². The van der Waals surface area contributed by atoms with Gasteiger partial charge in [-0.3, -0.25) is 4.90 Å².